The summed E-state index contributed by atoms with van der Waals surface area (Å²) < 4.78 is 2.64. The molecule has 1 N–H and O–H groups in total. The lowest BCUT2D eigenvalue weighted by molar-refractivity contribution is -0.124. The van der Waals surface area contributed by atoms with Crippen LogP contribution in [-0.2, 0) is 4.79 Å². The van der Waals surface area contributed by atoms with Crippen LogP contribution in [0.5, 0.6) is 0 Å². The minimum Gasteiger partial charge on any atom is -0.348 e. The zero-order valence-corrected chi connectivity index (χ0v) is 12.5. The van der Waals surface area contributed by atoms with E-state index in [1.165, 1.54) is 0 Å². The highest BCUT2D eigenvalue weighted by Gasteiger charge is 2.18. The molecule has 0 aliphatic heterocycles. The molecule has 5 heteroatoms. The van der Waals surface area contributed by atoms with Crippen LogP contribution < -0.4 is 5.32 Å². The lowest BCUT2D eigenvalue weighted by Crippen LogP contribution is -2.33. The largest absolute Gasteiger partial charge is 0.348 e. The van der Waals surface area contributed by atoms with E-state index < -0.39 is 0 Å². The minimum absolute atomic E-state index is 0.0491. The van der Waals surface area contributed by atoms with Crippen molar-refractivity contribution in [3.63, 3.8) is 0 Å². The van der Waals surface area contributed by atoms with Gasteiger partial charge < -0.3 is 5.32 Å². The van der Waals surface area contributed by atoms with E-state index in [1.807, 2.05) is 38.1 Å². The second-order valence-electron chi connectivity index (χ2n) is 4.41. The van der Waals surface area contributed by atoms with Crippen molar-refractivity contribution in [1.29, 1.82) is 0 Å². The summed E-state index contributed by atoms with van der Waals surface area (Å²) in [7, 11) is 0. The number of benzene rings is 1. The van der Waals surface area contributed by atoms with Gasteiger partial charge in [0.1, 0.15) is 6.04 Å². The molecule has 0 aliphatic carbocycles. The Balaban J connectivity index is 2.05. The Morgan fingerprint density at radius 2 is 2.05 bits per heavy atom. The summed E-state index contributed by atoms with van der Waals surface area (Å²) in [6.45, 7) is 3.79. The SMILES string of the molecule is CC(NC(=O)C(C)n1cccn1)c1ccccc1Br. The number of hydrogen-bond donors (Lipinski definition) is 1. The molecule has 2 aromatic rings. The molecule has 100 valence electrons. The van der Waals surface area contributed by atoms with Crippen LogP contribution in [0.15, 0.2) is 47.2 Å². The van der Waals surface area contributed by atoms with Crippen molar-refractivity contribution in [1.82, 2.24) is 15.1 Å². The van der Waals surface area contributed by atoms with E-state index in [0.29, 0.717) is 0 Å². The molecule has 1 heterocycles. The van der Waals surface area contributed by atoms with E-state index in [-0.39, 0.29) is 18.0 Å². The Hall–Kier alpha value is -1.62. The maximum absolute atomic E-state index is 12.1. The molecular formula is C14H16BrN3O. The van der Waals surface area contributed by atoms with E-state index in [4.69, 9.17) is 0 Å². The number of hydrogen-bond acceptors (Lipinski definition) is 2. The molecular weight excluding hydrogens is 306 g/mol. The van der Waals surface area contributed by atoms with E-state index in [9.17, 15) is 4.79 Å². The molecule has 2 rings (SSSR count). The monoisotopic (exact) mass is 321 g/mol. The first-order valence-electron chi connectivity index (χ1n) is 6.13. The fourth-order valence-electron chi connectivity index (χ4n) is 1.87. The Kier molecular flexibility index (Phi) is 4.37. The van der Waals surface area contributed by atoms with Crippen LogP contribution in [0.4, 0.5) is 0 Å². The number of halogens is 1. The summed E-state index contributed by atoms with van der Waals surface area (Å²) in [6, 6.07) is 9.30. The molecule has 2 atom stereocenters. The van der Waals surface area contributed by atoms with E-state index >= 15 is 0 Å². The van der Waals surface area contributed by atoms with Crippen molar-refractivity contribution < 1.29 is 4.79 Å². The van der Waals surface area contributed by atoms with Crippen molar-refractivity contribution in [2.45, 2.75) is 25.9 Å². The topological polar surface area (TPSA) is 46.9 Å². The summed E-state index contributed by atoms with van der Waals surface area (Å²) in [4.78, 5) is 12.1. The van der Waals surface area contributed by atoms with Crippen molar-refractivity contribution in [3.8, 4) is 0 Å². The fourth-order valence-corrected chi connectivity index (χ4v) is 2.50. The zero-order chi connectivity index (χ0) is 13.8. The third kappa shape index (κ3) is 3.23. The molecule has 0 radical (unpaired) electrons. The van der Waals surface area contributed by atoms with Gasteiger partial charge in [0.2, 0.25) is 5.91 Å². The van der Waals surface area contributed by atoms with Crippen LogP contribution in [0, 0.1) is 0 Å². The normalized spacial score (nSPS) is 13.8. The summed E-state index contributed by atoms with van der Waals surface area (Å²) in [5.74, 6) is -0.0491. The van der Waals surface area contributed by atoms with Gasteiger partial charge in [-0.3, -0.25) is 9.48 Å². The predicted molar refractivity (Wildman–Crippen MR) is 77.6 cm³/mol. The molecule has 0 bridgehead atoms. The highest BCUT2D eigenvalue weighted by molar-refractivity contribution is 9.10. The molecule has 4 nitrogen and oxygen atoms in total. The van der Waals surface area contributed by atoms with Crippen LogP contribution in [0.1, 0.15) is 31.5 Å². The number of carbonyl (C=O) groups excluding carboxylic acids is 1. The van der Waals surface area contributed by atoms with E-state index in [1.54, 1.807) is 23.1 Å². The molecule has 19 heavy (non-hydrogen) atoms. The van der Waals surface area contributed by atoms with Crippen LogP contribution in [-0.4, -0.2) is 15.7 Å². The Bertz CT molecular complexity index is 554. The molecule has 2 unspecified atom stereocenters. The first-order valence-corrected chi connectivity index (χ1v) is 6.93. The second kappa shape index (κ2) is 6.02. The number of carbonyl (C=O) groups is 1. The van der Waals surface area contributed by atoms with Gasteiger partial charge in [-0.1, -0.05) is 34.1 Å². The van der Waals surface area contributed by atoms with Crippen molar-refractivity contribution in [2.24, 2.45) is 0 Å². The van der Waals surface area contributed by atoms with Gasteiger partial charge in [0, 0.05) is 16.9 Å². The number of nitrogens with one attached hydrogen (secondary N) is 1. The molecule has 0 aliphatic rings. The van der Waals surface area contributed by atoms with Gasteiger partial charge in [-0.15, -0.1) is 0 Å². The maximum atomic E-state index is 12.1. The predicted octanol–water partition coefficient (Wildman–Crippen LogP) is 3.08. The van der Waals surface area contributed by atoms with Crippen molar-refractivity contribution >= 4 is 21.8 Å². The van der Waals surface area contributed by atoms with Crippen LogP contribution >= 0.6 is 15.9 Å². The van der Waals surface area contributed by atoms with Crippen LogP contribution in [0.25, 0.3) is 0 Å². The first-order chi connectivity index (χ1) is 9.09. The van der Waals surface area contributed by atoms with Crippen molar-refractivity contribution in [2.75, 3.05) is 0 Å². The lowest BCUT2D eigenvalue weighted by atomic mass is 10.1. The molecule has 0 saturated carbocycles. The highest BCUT2D eigenvalue weighted by atomic mass is 79.9. The molecule has 0 saturated heterocycles. The van der Waals surface area contributed by atoms with Gasteiger partial charge in [-0.25, -0.2) is 0 Å². The summed E-state index contributed by atoms with van der Waals surface area (Å²) in [6.07, 6.45) is 3.45. The summed E-state index contributed by atoms with van der Waals surface area (Å²) in [5.41, 5.74) is 1.06. The fraction of sp³-hybridized carbons (Fsp3) is 0.286. The lowest BCUT2D eigenvalue weighted by Gasteiger charge is -2.19. The zero-order valence-electron chi connectivity index (χ0n) is 10.9. The van der Waals surface area contributed by atoms with E-state index in [0.717, 1.165) is 10.0 Å². The van der Waals surface area contributed by atoms with Crippen molar-refractivity contribution in [3.05, 3.63) is 52.8 Å². The first kappa shape index (κ1) is 13.8. The number of aromatic nitrogens is 2. The molecule has 1 amide bonds. The van der Waals surface area contributed by atoms with Gasteiger partial charge in [0.25, 0.3) is 0 Å². The maximum Gasteiger partial charge on any atom is 0.245 e. The van der Waals surface area contributed by atoms with Crippen LogP contribution in [0.2, 0.25) is 0 Å². The Labute approximate surface area is 120 Å². The molecule has 1 aromatic carbocycles. The molecule has 0 fully saturated rings. The smallest absolute Gasteiger partial charge is 0.245 e. The van der Waals surface area contributed by atoms with Gasteiger partial charge >= 0.3 is 0 Å². The van der Waals surface area contributed by atoms with Crippen LogP contribution in [0.3, 0.4) is 0 Å². The highest BCUT2D eigenvalue weighted by Crippen LogP contribution is 2.23. The third-order valence-electron chi connectivity index (χ3n) is 3.03. The number of amides is 1. The van der Waals surface area contributed by atoms with Gasteiger partial charge in [0.15, 0.2) is 0 Å². The summed E-state index contributed by atoms with van der Waals surface area (Å²) in [5, 5.41) is 7.08. The Morgan fingerprint density at radius 1 is 1.32 bits per heavy atom. The number of rotatable bonds is 4. The number of nitrogens with zero attached hydrogens (tertiary/aromatic N) is 2. The van der Waals surface area contributed by atoms with E-state index in [2.05, 4.69) is 26.3 Å². The van der Waals surface area contributed by atoms with Gasteiger partial charge in [0.05, 0.1) is 6.04 Å². The average Bonchev–Trinajstić information content (AvgIpc) is 2.92. The third-order valence-corrected chi connectivity index (χ3v) is 3.75. The second-order valence-corrected chi connectivity index (χ2v) is 5.27. The molecule has 1 aromatic heterocycles. The van der Waals surface area contributed by atoms with Gasteiger partial charge in [-0.2, -0.15) is 5.10 Å². The quantitative estimate of drug-likeness (QED) is 0.940. The van der Waals surface area contributed by atoms with Gasteiger partial charge in [-0.05, 0) is 31.5 Å². The standard InChI is InChI=1S/C14H16BrN3O/c1-10(12-6-3-4-7-13(12)15)17-14(19)11(2)18-9-5-8-16-18/h3-11H,1-2H3,(H,17,19). The average molecular weight is 322 g/mol. The summed E-state index contributed by atoms with van der Waals surface area (Å²) >= 11 is 3.49. The molecule has 0 spiro atoms. The Morgan fingerprint density at radius 3 is 2.68 bits per heavy atom. The minimum atomic E-state index is -0.320.